The maximum absolute atomic E-state index is 10.7. The zero-order valence-corrected chi connectivity index (χ0v) is 10.3. The molecule has 100 valence electrons. The Bertz CT molecular complexity index is 387. The van der Waals surface area contributed by atoms with Crippen LogP contribution in [0.2, 0.25) is 0 Å². The van der Waals surface area contributed by atoms with Crippen molar-refractivity contribution < 1.29 is 9.66 Å². The van der Waals surface area contributed by atoms with Crippen LogP contribution in [0.1, 0.15) is 12.8 Å². The number of morpholine rings is 1. The van der Waals surface area contributed by atoms with Gasteiger partial charge in [0.2, 0.25) is 0 Å². The number of aryl methyl sites for hydroxylation is 1. The van der Waals surface area contributed by atoms with Crippen molar-refractivity contribution in [1.82, 2.24) is 14.5 Å². The van der Waals surface area contributed by atoms with Gasteiger partial charge >= 0.3 is 5.95 Å². The molecular formula is C11H18N4O3. The molecule has 0 unspecified atom stereocenters. The second kappa shape index (κ2) is 6.46. The Labute approximate surface area is 106 Å². The predicted octanol–water partition coefficient (Wildman–Crippen LogP) is 0.904. The zero-order chi connectivity index (χ0) is 12.8. The van der Waals surface area contributed by atoms with E-state index >= 15 is 0 Å². The Morgan fingerprint density at radius 2 is 2.06 bits per heavy atom. The van der Waals surface area contributed by atoms with Gasteiger partial charge in [-0.25, -0.2) is 4.57 Å². The molecule has 1 aliphatic rings. The molecule has 2 rings (SSSR count). The fourth-order valence-electron chi connectivity index (χ4n) is 2.09. The molecule has 0 N–H and O–H groups in total. The molecule has 18 heavy (non-hydrogen) atoms. The highest BCUT2D eigenvalue weighted by atomic mass is 16.6. The fourth-order valence-corrected chi connectivity index (χ4v) is 2.09. The van der Waals surface area contributed by atoms with Gasteiger partial charge < -0.3 is 14.9 Å². The molecule has 2 heterocycles. The van der Waals surface area contributed by atoms with E-state index in [4.69, 9.17) is 4.74 Å². The van der Waals surface area contributed by atoms with E-state index in [0.717, 1.165) is 45.7 Å². The Morgan fingerprint density at radius 3 is 2.78 bits per heavy atom. The minimum absolute atomic E-state index is 0.0682. The van der Waals surface area contributed by atoms with Gasteiger partial charge in [-0.1, -0.05) is 4.98 Å². The number of nitrogens with zero attached hydrogens (tertiary/aromatic N) is 4. The van der Waals surface area contributed by atoms with Crippen LogP contribution in [0, 0.1) is 10.1 Å². The summed E-state index contributed by atoms with van der Waals surface area (Å²) in [6.07, 6.45) is 5.09. The average Bonchev–Trinajstić information content (AvgIpc) is 2.84. The number of ether oxygens (including phenoxy) is 1. The van der Waals surface area contributed by atoms with Crippen LogP contribution in [0.3, 0.4) is 0 Å². The lowest BCUT2D eigenvalue weighted by molar-refractivity contribution is -0.396. The van der Waals surface area contributed by atoms with E-state index in [1.807, 2.05) is 0 Å². The molecule has 0 atom stereocenters. The first-order valence-corrected chi connectivity index (χ1v) is 6.23. The monoisotopic (exact) mass is 254 g/mol. The molecule has 0 aromatic carbocycles. The number of hydrogen-bond donors (Lipinski definition) is 0. The van der Waals surface area contributed by atoms with Gasteiger partial charge in [0.15, 0.2) is 0 Å². The highest BCUT2D eigenvalue weighted by molar-refractivity contribution is 5.06. The van der Waals surface area contributed by atoms with Gasteiger partial charge in [-0.3, -0.25) is 4.90 Å². The molecule has 1 aliphatic heterocycles. The standard InChI is InChI=1S/C11H18N4O3/c16-15(17)11-12-3-6-14(11)5-2-1-4-13-7-9-18-10-8-13/h3,6H,1-2,4-5,7-10H2. The summed E-state index contributed by atoms with van der Waals surface area (Å²) in [6, 6.07) is 0. The van der Waals surface area contributed by atoms with Crippen LogP contribution in [-0.2, 0) is 11.3 Å². The van der Waals surface area contributed by atoms with Crippen LogP contribution in [0.5, 0.6) is 0 Å². The van der Waals surface area contributed by atoms with E-state index in [2.05, 4.69) is 9.88 Å². The molecule has 0 radical (unpaired) electrons. The molecule has 0 aliphatic carbocycles. The zero-order valence-electron chi connectivity index (χ0n) is 10.3. The van der Waals surface area contributed by atoms with Gasteiger partial charge in [-0.15, -0.1) is 0 Å². The number of aromatic nitrogens is 2. The lowest BCUT2D eigenvalue weighted by Gasteiger charge is -2.26. The largest absolute Gasteiger partial charge is 0.434 e. The summed E-state index contributed by atoms with van der Waals surface area (Å²) < 4.78 is 6.87. The van der Waals surface area contributed by atoms with Crippen LogP contribution in [0.15, 0.2) is 12.4 Å². The summed E-state index contributed by atoms with van der Waals surface area (Å²) in [4.78, 5) is 16.3. The second-order valence-corrected chi connectivity index (χ2v) is 4.34. The molecule has 1 aromatic heterocycles. The van der Waals surface area contributed by atoms with E-state index in [1.54, 1.807) is 10.8 Å². The topological polar surface area (TPSA) is 73.4 Å². The number of imidazole rings is 1. The molecule has 7 nitrogen and oxygen atoms in total. The molecular weight excluding hydrogens is 236 g/mol. The van der Waals surface area contributed by atoms with Crippen molar-refractivity contribution >= 4 is 5.95 Å². The quantitative estimate of drug-likeness (QED) is 0.428. The van der Waals surface area contributed by atoms with Gasteiger partial charge in [0.25, 0.3) is 0 Å². The normalized spacial score (nSPS) is 16.9. The van der Waals surface area contributed by atoms with E-state index in [-0.39, 0.29) is 5.95 Å². The third kappa shape index (κ3) is 3.51. The Hall–Kier alpha value is -1.47. The number of unbranched alkanes of at least 4 members (excludes halogenated alkanes) is 1. The summed E-state index contributed by atoms with van der Waals surface area (Å²) in [5.74, 6) is -0.0682. The maximum atomic E-state index is 10.7. The van der Waals surface area contributed by atoms with Crippen LogP contribution in [0.25, 0.3) is 0 Å². The van der Waals surface area contributed by atoms with Crippen LogP contribution < -0.4 is 0 Å². The van der Waals surface area contributed by atoms with E-state index in [1.165, 1.54) is 6.20 Å². The number of hydrogen-bond acceptors (Lipinski definition) is 5. The lowest BCUT2D eigenvalue weighted by Crippen LogP contribution is -2.36. The summed E-state index contributed by atoms with van der Waals surface area (Å²) >= 11 is 0. The molecule has 1 fully saturated rings. The van der Waals surface area contributed by atoms with Gasteiger partial charge in [0, 0.05) is 13.1 Å². The van der Waals surface area contributed by atoms with E-state index in [0.29, 0.717) is 6.54 Å². The first kappa shape index (κ1) is 13.0. The molecule has 1 saturated heterocycles. The summed E-state index contributed by atoms with van der Waals surface area (Å²) in [5, 5.41) is 10.7. The van der Waals surface area contributed by atoms with Crippen molar-refractivity contribution in [2.24, 2.45) is 0 Å². The smallest absolute Gasteiger partial charge is 0.390 e. The highest BCUT2D eigenvalue weighted by Crippen LogP contribution is 2.09. The van der Waals surface area contributed by atoms with E-state index in [9.17, 15) is 10.1 Å². The first-order chi connectivity index (χ1) is 8.77. The van der Waals surface area contributed by atoms with Crippen LogP contribution in [0.4, 0.5) is 5.95 Å². The number of rotatable bonds is 6. The fraction of sp³-hybridized carbons (Fsp3) is 0.727. The molecule has 7 heteroatoms. The molecule has 0 amide bonds. The molecule has 1 aromatic rings. The third-order valence-corrected chi connectivity index (χ3v) is 3.08. The van der Waals surface area contributed by atoms with Gasteiger partial charge in [0.05, 0.1) is 19.8 Å². The Balaban J connectivity index is 1.68. The Kier molecular flexibility index (Phi) is 4.66. The van der Waals surface area contributed by atoms with Gasteiger partial charge in [-0.2, -0.15) is 0 Å². The summed E-state index contributed by atoms with van der Waals surface area (Å²) in [6.45, 7) is 5.29. The van der Waals surface area contributed by atoms with Crippen molar-refractivity contribution in [3.63, 3.8) is 0 Å². The summed E-state index contributed by atoms with van der Waals surface area (Å²) in [5.41, 5.74) is 0. The molecule has 0 saturated carbocycles. The van der Waals surface area contributed by atoms with Crippen molar-refractivity contribution in [2.75, 3.05) is 32.8 Å². The van der Waals surface area contributed by atoms with Crippen molar-refractivity contribution in [3.8, 4) is 0 Å². The van der Waals surface area contributed by atoms with Crippen LogP contribution in [-0.4, -0.2) is 52.2 Å². The molecule has 0 bridgehead atoms. The second-order valence-electron chi connectivity index (χ2n) is 4.34. The van der Waals surface area contributed by atoms with Crippen molar-refractivity contribution in [2.45, 2.75) is 19.4 Å². The predicted molar refractivity (Wildman–Crippen MR) is 65.4 cm³/mol. The average molecular weight is 254 g/mol. The lowest BCUT2D eigenvalue weighted by atomic mass is 10.2. The van der Waals surface area contributed by atoms with Crippen molar-refractivity contribution in [1.29, 1.82) is 0 Å². The molecule has 0 spiro atoms. The van der Waals surface area contributed by atoms with Crippen LogP contribution >= 0.6 is 0 Å². The highest BCUT2D eigenvalue weighted by Gasteiger charge is 2.14. The van der Waals surface area contributed by atoms with Gasteiger partial charge in [0.1, 0.15) is 12.4 Å². The number of nitro groups is 1. The first-order valence-electron chi connectivity index (χ1n) is 6.23. The minimum atomic E-state index is -0.442. The Morgan fingerprint density at radius 1 is 1.33 bits per heavy atom. The minimum Gasteiger partial charge on any atom is -0.390 e. The SMILES string of the molecule is O=[N+]([O-])c1nccn1CCCCN1CCOCC1. The summed E-state index contributed by atoms with van der Waals surface area (Å²) in [7, 11) is 0. The third-order valence-electron chi connectivity index (χ3n) is 3.08. The van der Waals surface area contributed by atoms with Crippen molar-refractivity contribution in [3.05, 3.63) is 22.5 Å². The van der Waals surface area contributed by atoms with Gasteiger partial charge in [-0.05, 0) is 24.3 Å². The van der Waals surface area contributed by atoms with E-state index < -0.39 is 4.92 Å². The maximum Gasteiger partial charge on any atom is 0.434 e.